The van der Waals surface area contributed by atoms with E-state index in [4.69, 9.17) is 9.15 Å². The number of aromatic hydroxyl groups is 1. The van der Waals surface area contributed by atoms with Gasteiger partial charge in [0.05, 0.1) is 24.1 Å². The molecule has 32 heavy (non-hydrogen) atoms. The minimum absolute atomic E-state index is 0.146. The molecule has 5 nitrogen and oxygen atoms in total. The van der Waals surface area contributed by atoms with Crippen molar-refractivity contribution >= 4 is 27.7 Å². The summed E-state index contributed by atoms with van der Waals surface area (Å²) in [7, 11) is 5.32. The van der Waals surface area contributed by atoms with E-state index in [0.717, 1.165) is 32.8 Å². The molecule has 0 fully saturated rings. The van der Waals surface area contributed by atoms with Gasteiger partial charge in [-0.2, -0.15) is 0 Å². The van der Waals surface area contributed by atoms with Crippen molar-refractivity contribution in [3.63, 3.8) is 0 Å². The Balaban J connectivity index is 2.04. The molecule has 1 N–H and O–H groups in total. The number of methoxy groups -OCH3 is 1. The molecule has 0 saturated heterocycles. The van der Waals surface area contributed by atoms with Crippen molar-refractivity contribution in [3.8, 4) is 28.2 Å². The van der Waals surface area contributed by atoms with Crippen molar-refractivity contribution < 1.29 is 19.1 Å². The second-order valence-corrected chi connectivity index (χ2v) is 7.91. The molecule has 0 spiro atoms. The number of hydrogen-bond acceptors (Lipinski definition) is 4. The predicted octanol–water partition coefficient (Wildman–Crippen LogP) is 4.88. The Labute approximate surface area is 184 Å². The SMILES string of the molecule is COC(=O)c1ccccc1-c1c2ccc(=[N+](C)C)cc-2oc2c1ccc1cccc(O)c12. The maximum absolute atomic E-state index is 12.6. The van der Waals surface area contributed by atoms with Gasteiger partial charge in [-0.05, 0) is 35.2 Å². The van der Waals surface area contributed by atoms with Gasteiger partial charge in [-0.15, -0.1) is 0 Å². The van der Waals surface area contributed by atoms with E-state index in [1.165, 1.54) is 7.11 Å². The Kier molecular flexibility index (Phi) is 4.67. The van der Waals surface area contributed by atoms with Gasteiger partial charge in [0, 0.05) is 22.6 Å². The van der Waals surface area contributed by atoms with Gasteiger partial charge in [0.2, 0.25) is 5.36 Å². The third-order valence-corrected chi connectivity index (χ3v) is 5.81. The van der Waals surface area contributed by atoms with Crippen LogP contribution >= 0.6 is 0 Å². The van der Waals surface area contributed by atoms with Crippen LogP contribution in [-0.2, 0) is 4.74 Å². The van der Waals surface area contributed by atoms with Crippen LogP contribution in [0.1, 0.15) is 10.4 Å². The van der Waals surface area contributed by atoms with Gasteiger partial charge in [-0.3, -0.25) is 0 Å². The molecule has 0 saturated carbocycles. The van der Waals surface area contributed by atoms with Gasteiger partial charge in [0.25, 0.3) is 0 Å². The summed E-state index contributed by atoms with van der Waals surface area (Å²) < 4.78 is 13.5. The number of nitrogens with zero attached hydrogens (tertiary/aromatic N) is 1. The number of carbonyl (C=O) groups excluding carboxylic acids is 1. The molecule has 0 unspecified atom stereocenters. The van der Waals surface area contributed by atoms with Crippen LogP contribution in [0.3, 0.4) is 0 Å². The number of ether oxygens (including phenoxy) is 1. The molecule has 1 aliphatic carbocycles. The summed E-state index contributed by atoms with van der Waals surface area (Å²) in [6, 6.07) is 22.7. The Morgan fingerprint density at radius 3 is 2.53 bits per heavy atom. The summed E-state index contributed by atoms with van der Waals surface area (Å²) in [5, 5.41) is 14.0. The van der Waals surface area contributed by atoms with Crippen molar-refractivity contribution in [3.05, 3.63) is 83.7 Å². The average Bonchev–Trinajstić information content (AvgIpc) is 2.81. The molecule has 1 aliphatic heterocycles. The van der Waals surface area contributed by atoms with E-state index < -0.39 is 5.97 Å². The molecule has 3 aromatic rings. The highest BCUT2D eigenvalue weighted by molar-refractivity contribution is 6.15. The highest BCUT2D eigenvalue weighted by atomic mass is 16.5. The van der Waals surface area contributed by atoms with E-state index in [1.54, 1.807) is 12.1 Å². The first kappa shape index (κ1) is 19.8. The van der Waals surface area contributed by atoms with Crippen molar-refractivity contribution in [2.24, 2.45) is 0 Å². The molecule has 158 valence electrons. The van der Waals surface area contributed by atoms with Gasteiger partial charge in [0.15, 0.2) is 0 Å². The zero-order valence-corrected chi connectivity index (χ0v) is 18.0. The lowest BCUT2D eigenvalue weighted by molar-refractivity contribution is 0.0601. The Bertz CT molecular complexity index is 1560. The molecule has 2 aliphatic rings. The third kappa shape index (κ3) is 3.02. The number of phenols is 1. The van der Waals surface area contributed by atoms with Crippen molar-refractivity contribution in [2.75, 3.05) is 21.2 Å². The quantitative estimate of drug-likeness (QED) is 0.190. The topological polar surface area (TPSA) is 62.7 Å². The van der Waals surface area contributed by atoms with E-state index in [0.29, 0.717) is 22.3 Å². The third-order valence-electron chi connectivity index (χ3n) is 5.81. The molecule has 5 heteroatoms. The first-order valence-electron chi connectivity index (χ1n) is 10.3. The van der Waals surface area contributed by atoms with Gasteiger partial charge in [-0.1, -0.05) is 36.4 Å². The van der Waals surface area contributed by atoms with Crippen LogP contribution in [0.25, 0.3) is 44.2 Å². The zero-order valence-electron chi connectivity index (χ0n) is 18.0. The fraction of sp³-hybridized carbons (Fsp3) is 0.111. The number of esters is 1. The molecular weight excluding hydrogens is 402 g/mol. The van der Waals surface area contributed by atoms with Crippen LogP contribution in [0.15, 0.2) is 77.2 Å². The number of carbonyl (C=O) groups is 1. The monoisotopic (exact) mass is 424 g/mol. The maximum atomic E-state index is 12.6. The van der Waals surface area contributed by atoms with E-state index in [-0.39, 0.29) is 5.75 Å². The smallest absolute Gasteiger partial charge is 0.338 e. The predicted molar refractivity (Wildman–Crippen MR) is 126 cm³/mol. The van der Waals surface area contributed by atoms with Gasteiger partial charge >= 0.3 is 5.97 Å². The molecule has 0 radical (unpaired) electrons. The number of rotatable bonds is 2. The van der Waals surface area contributed by atoms with E-state index >= 15 is 0 Å². The lowest BCUT2D eigenvalue weighted by Gasteiger charge is -2.18. The van der Waals surface area contributed by atoms with Gasteiger partial charge < -0.3 is 14.3 Å². The summed E-state index contributed by atoms with van der Waals surface area (Å²) >= 11 is 0. The second kappa shape index (κ2) is 7.54. The molecular formula is C27H22NO4+. The highest BCUT2D eigenvalue weighted by Crippen LogP contribution is 2.44. The van der Waals surface area contributed by atoms with E-state index in [2.05, 4.69) is 0 Å². The lowest BCUT2D eigenvalue weighted by atomic mass is 9.89. The largest absolute Gasteiger partial charge is 0.507 e. The zero-order chi connectivity index (χ0) is 22.4. The van der Waals surface area contributed by atoms with Crippen LogP contribution in [0, 0.1) is 0 Å². The van der Waals surface area contributed by atoms with Crippen molar-refractivity contribution in [2.45, 2.75) is 0 Å². The maximum Gasteiger partial charge on any atom is 0.338 e. The average molecular weight is 424 g/mol. The minimum atomic E-state index is -0.406. The fourth-order valence-electron chi connectivity index (χ4n) is 4.24. The molecule has 3 aromatic carbocycles. The van der Waals surface area contributed by atoms with Gasteiger partial charge in [-0.25, -0.2) is 9.37 Å². The summed E-state index contributed by atoms with van der Waals surface area (Å²) in [6.45, 7) is 0. The Hall–Kier alpha value is -4.12. The van der Waals surface area contributed by atoms with Crippen molar-refractivity contribution in [1.29, 1.82) is 0 Å². The molecule has 0 atom stereocenters. The molecule has 0 amide bonds. The minimum Gasteiger partial charge on any atom is -0.507 e. The van der Waals surface area contributed by atoms with E-state index in [1.807, 2.05) is 79.3 Å². The number of phenolic OH excluding ortho intramolecular Hbond substituents is 1. The highest BCUT2D eigenvalue weighted by Gasteiger charge is 2.23. The van der Waals surface area contributed by atoms with Crippen LogP contribution in [0.2, 0.25) is 0 Å². The fourth-order valence-corrected chi connectivity index (χ4v) is 4.24. The second-order valence-electron chi connectivity index (χ2n) is 7.91. The summed E-state index contributed by atoms with van der Waals surface area (Å²) in [6.07, 6.45) is 0. The summed E-state index contributed by atoms with van der Waals surface area (Å²) in [5.74, 6) is 0.400. The molecule has 0 aromatic heterocycles. The summed E-state index contributed by atoms with van der Waals surface area (Å²) in [4.78, 5) is 12.6. The van der Waals surface area contributed by atoms with E-state index in [9.17, 15) is 9.90 Å². The normalized spacial score (nSPS) is 11.2. The number of hydrogen-bond donors (Lipinski definition) is 1. The lowest BCUT2D eigenvalue weighted by Crippen LogP contribution is -2.21. The first-order valence-corrected chi connectivity index (χ1v) is 10.3. The number of fused-ring (bicyclic) bond motifs is 4. The standard InChI is InChI=1S/C27H21NO4/c1-28(2)17-12-14-20-23(15-17)32-26-21(13-11-16-7-6-10-22(29)24(16)26)25(20)18-8-4-5-9-19(18)27(30)31-3/h4-15H,1-3H3/p+1. The van der Waals surface area contributed by atoms with Crippen molar-refractivity contribution in [1.82, 2.24) is 4.58 Å². The van der Waals surface area contributed by atoms with Crippen LogP contribution < -0.4 is 9.93 Å². The Morgan fingerprint density at radius 2 is 1.75 bits per heavy atom. The van der Waals surface area contributed by atoms with Crippen LogP contribution in [-0.4, -0.2) is 32.3 Å². The first-order chi connectivity index (χ1) is 15.5. The number of benzene rings is 4. The van der Waals surface area contributed by atoms with Crippen LogP contribution in [0.5, 0.6) is 5.75 Å². The molecule has 0 bridgehead atoms. The summed E-state index contributed by atoms with van der Waals surface area (Å²) in [5.41, 5.74) is 3.51. The van der Waals surface area contributed by atoms with Gasteiger partial charge in [0.1, 0.15) is 31.2 Å². The molecule has 5 rings (SSSR count). The Morgan fingerprint density at radius 1 is 0.938 bits per heavy atom. The molecule has 1 heterocycles. The van der Waals surface area contributed by atoms with Crippen LogP contribution in [0.4, 0.5) is 0 Å².